The number of nitrogen functional groups attached to an aromatic ring is 1. The molecule has 2 N–H and O–H groups in total. The maximum atomic E-state index is 11.9. The van der Waals surface area contributed by atoms with Gasteiger partial charge in [-0.2, -0.15) is 0 Å². The summed E-state index contributed by atoms with van der Waals surface area (Å²) in [5.74, 6) is -0.279. The topological polar surface area (TPSA) is 52.3 Å². The molecule has 0 amide bonds. The third kappa shape index (κ3) is 2.64. The van der Waals surface area contributed by atoms with E-state index in [9.17, 15) is 4.79 Å². The van der Waals surface area contributed by atoms with Gasteiger partial charge in [-0.25, -0.2) is 4.79 Å². The van der Waals surface area contributed by atoms with Gasteiger partial charge in [0.1, 0.15) is 4.88 Å². The van der Waals surface area contributed by atoms with Crippen LogP contribution in [0.2, 0.25) is 0 Å². The fourth-order valence-corrected chi connectivity index (χ4v) is 4.33. The van der Waals surface area contributed by atoms with E-state index in [-0.39, 0.29) is 11.4 Å². The maximum absolute atomic E-state index is 11.9. The molecule has 3 nitrogen and oxygen atoms in total. The van der Waals surface area contributed by atoms with Crippen molar-refractivity contribution < 1.29 is 9.53 Å². The van der Waals surface area contributed by atoms with E-state index in [1.807, 2.05) is 13.8 Å². The summed E-state index contributed by atoms with van der Waals surface area (Å²) in [5.41, 5.74) is 7.99. The Morgan fingerprint density at radius 1 is 1.37 bits per heavy atom. The molecule has 0 aliphatic heterocycles. The molecule has 0 aromatic carbocycles. The number of esters is 1. The largest absolute Gasteiger partial charge is 0.462 e. The van der Waals surface area contributed by atoms with Crippen LogP contribution in [0.25, 0.3) is 0 Å². The Hall–Kier alpha value is -1.03. The minimum atomic E-state index is -0.279. The van der Waals surface area contributed by atoms with E-state index < -0.39 is 0 Å². The van der Waals surface area contributed by atoms with Crippen molar-refractivity contribution in [3.8, 4) is 0 Å². The molecule has 106 valence electrons. The Kier molecular flexibility index (Phi) is 4.19. The summed E-state index contributed by atoms with van der Waals surface area (Å²) in [6, 6.07) is 0. The number of thiophene rings is 1. The van der Waals surface area contributed by atoms with Gasteiger partial charge in [-0.15, -0.1) is 11.3 Å². The van der Waals surface area contributed by atoms with Gasteiger partial charge in [-0.05, 0) is 32.3 Å². The summed E-state index contributed by atoms with van der Waals surface area (Å²) >= 11 is 1.54. The fraction of sp³-hybridized carbons (Fsp3) is 0.667. The molecule has 1 aliphatic rings. The molecule has 1 heterocycles. The van der Waals surface area contributed by atoms with Crippen molar-refractivity contribution in [1.82, 2.24) is 0 Å². The van der Waals surface area contributed by atoms with Crippen LogP contribution in [0.15, 0.2) is 0 Å². The summed E-state index contributed by atoms with van der Waals surface area (Å²) in [4.78, 5) is 13.8. The molecular weight excluding hydrogens is 258 g/mol. The first-order chi connectivity index (χ1) is 8.99. The van der Waals surface area contributed by atoms with Crippen molar-refractivity contribution >= 4 is 23.0 Å². The molecule has 0 unspecified atom stereocenters. The van der Waals surface area contributed by atoms with E-state index in [1.54, 1.807) is 0 Å². The van der Waals surface area contributed by atoms with E-state index in [0.29, 0.717) is 17.2 Å². The van der Waals surface area contributed by atoms with Crippen molar-refractivity contribution in [2.45, 2.75) is 58.3 Å². The van der Waals surface area contributed by atoms with Crippen molar-refractivity contribution in [3.63, 3.8) is 0 Å². The molecule has 1 saturated carbocycles. The average Bonchev–Trinajstić information content (AvgIpc) is 2.68. The first kappa shape index (κ1) is 14.4. The van der Waals surface area contributed by atoms with Crippen LogP contribution < -0.4 is 5.73 Å². The number of nitrogens with two attached hydrogens (primary N) is 1. The van der Waals surface area contributed by atoms with E-state index in [2.05, 4.69) is 6.92 Å². The number of rotatable bonds is 3. The smallest absolute Gasteiger partial charge is 0.350 e. The predicted molar refractivity (Wildman–Crippen MR) is 79.9 cm³/mol. The highest BCUT2D eigenvalue weighted by Gasteiger charge is 2.34. The highest BCUT2D eigenvalue weighted by Crippen LogP contribution is 2.46. The van der Waals surface area contributed by atoms with Crippen molar-refractivity contribution in [3.05, 3.63) is 15.3 Å². The third-order valence-electron chi connectivity index (χ3n) is 4.16. The Morgan fingerprint density at radius 3 is 2.58 bits per heavy atom. The summed E-state index contributed by atoms with van der Waals surface area (Å²) in [7, 11) is 0. The van der Waals surface area contributed by atoms with E-state index in [4.69, 9.17) is 10.5 Å². The van der Waals surface area contributed by atoms with Gasteiger partial charge >= 0.3 is 5.97 Å². The fourth-order valence-electron chi connectivity index (χ4n) is 3.01. The molecular formula is C15H23NO2S. The SMILES string of the molecule is CCOC(=O)c1sc(C2(C)CCCCC2)c(C)c1N. The first-order valence-electron chi connectivity index (χ1n) is 7.06. The molecule has 0 bridgehead atoms. The lowest BCUT2D eigenvalue weighted by Crippen LogP contribution is -2.24. The normalized spacial score (nSPS) is 18.3. The average molecular weight is 281 g/mol. The second kappa shape index (κ2) is 5.53. The molecule has 0 atom stereocenters. The molecule has 19 heavy (non-hydrogen) atoms. The van der Waals surface area contributed by atoms with Gasteiger partial charge in [0.05, 0.1) is 12.3 Å². The molecule has 1 aliphatic carbocycles. The number of hydrogen-bond donors (Lipinski definition) is 1. The molecule has 1 fully saturated rings. The molecule has 1 aromatic rings. The lowest BCUT2D eigenvalue weighted by atomic mass is 9.74. The monoisotopic (exact) mass is 281 g/mol. The Balaban J connectivity index is 2.36. The minimum absolute atomic E-state index is 0.186. The lowest BCUT2D eigenvalue weighted by molar-refractivity contribution is 0.0533. The molecule has 1 aromatic heterocycles. The third-order valence-corrected chi connectivity index (χ3v) is 5.75. The zero-order valence-electron chi connectivity index (χ0n) is 12.0. The number of carbonyl (C=O) groups excluding carboxylic acids is 1. The number of ether oxygens (including phenoxy) is 1. The zero-order valence-corrected chi connectivity index (χ0v) is 12.9. The highest BCUT2D eigenvalue weighted by molar-refractivity contribution is 7.15. The van der Waals surface area contributed by atoms with E-state index in [1.165, 1.54) is 48.3 Å². The quantitative estimate of drug-likeness (QED) is 0.851. The van der Waals surface area contributed by atoms with E-state index in [0.717, 1.165) is 5.56 Å². The standard InChI is InChI=1S/C15H23NO2S/c1-4-18-14(17)12-11(16)10(2)13(19-12)15(3)8-6-5-7-9-15/h4-9,16H2,1-3H3. The van der Waals surface area contributed by atoms with Gasteiger partial charge in [-0.1, -0.05) is 26.2 Å². The van der Waals surface area contributed by atoms with Crippen LogP contribution in [-0.4, -0.2) is 12.6 Å². The zero-order chi connectivity index (χ0) is 14.0. The van der Waals surface area contributed by atoms with Crippen molar-refractivity contribution in [2.75, 3.05) is 12.3 Å². The molecule has 0 saturated heterocycles. The van der Waals surface area contributed by atoms with Gasteiger partial charge in [0.2, 0.25) is 0 Å². The summed E-state index contributed by atoms with van der Waals surface area (Å²) < 4.78 is 5.09. The van der Waals surface area contributed by atoms with Crippen LogP contribution in [0, 0.1) is 6.92 Å². The second-order valence-corrected chi connectivity index (χ2v) is 6.66. The Morgan fingerprint density at radius 2 is 2.00 bits per heavy atom. The summed E-state index contributed by atoms with van der Waals surface area (Å²) in [6.45, 7) is 6.54. The first-order valence-corrected chi connectivity index (χ1v) is 7.87. The number of anilines is 1. The second-order valence-electron chi connectivity index (χ2n) is 5.64. The van der Waals surface area contributed by atoms with Crippen molar-refractivity contribution in [2.24, 2.45) is 0 Å². The highest BCUT2D eigenvalue weighted by atomic mass is 32.1. The van der Waals surface area contributed by atoms with Crippen LogP contribution >= 0.6 is 11.3 Å². The molecule has 0 spiro atoms. The van der Waals surface area contributed by atoms with Gasteiger partial charge in [-0.3, -0.25) is 0 Å². The molecule has 2 rings (SSSR count). The number of hydrogen-bond acceptors (Lipinski definition) is 4. The van der Waals surface area contributed by atoms with Gasteiger partial charge in [0.15, 0.2) is 0 Å². The molecule has 4 heteroatoms. The Bertz CT molecular complexity index is 473. The van der Waals surface area contributed by atoms with Crippen LogP contribution in [-0.2, 0) is 10.2 Å². The van der Waals surface area contributed by atoms with Crippen LogP contribution in [0.5, 0.6) is 0 Å². The predicted octanol–water partition coefficient (Wildman–Crippen LogP) is 4.04. The lowest BCUT2D eigenvalue weighted by Gasteiger charge is -2.33. The van der Waals surface area contributed by atoms with E-state index >= 15 is 0 Å². The van der Waals surface area contributed by atoms with Crippen LogP contribution in [0.4, 0.5) is 5.69 Å². The minimum Gasteiger partial charge on any atom is -0.462 e. The molecule has 0 radical (unpaired) electrons. The Labute approximate surface area is 119 Å². The van der Waals surface area contributed by atoms with Gasteiger partial charge in [0, 0.05) is 10.3 Å². The van der Waals surface area contributed by atoms with Crippen LogP contribution in [0.3, 0.4) is 0 Å². The van der Waals surface area contributed by atoms with Gasteiger partial charge in [0.25, 0.3) is 0 Å². The van der Waals surface area contributed by atoms with Crippen molar-refractivity contribution in [1.29, 1.82) is 0 Å². The number of carbonyl (C=O) groups is 1. The van der Waals surface area contributed by atoms with Gasteiger partial charge < -0.3 is 10.5 Å². The summed E-state index contributed by atoms with van der Waals surface area (Å²) in [6.07, 6.45) is 6.23. The maximum Gasteiger partial charge on any atom is 0.350 e. The summed E-state index contributed by atoms with van der Waals surface area (Å²) in [5, 5.41) is 0. The van der Waals surface area contributed by atoms with Crippen LogP contribution in [0.1, 0.15) is 66.1 Å².